The predicted octanol–water partition coefficient (Wildman–Crippen LogP) is 20.7. The average Bonchev–Trinajstić information content (AvgIpc) is 3.91. The standard InChI is InChI=1S/C67H86O10P2/c1-61(2,3)49-29-39(25-27-55(49)72-78-74-57-45(31-41(68-21)35-51(57)63(7,8)9)46-32-42(69-22)36-52(58(46)75-78)64(10,11)12)67(19,20)40-26-28-56(50(30-40)62(4,5)6)73-79-76-59-47(33-43(70-23)37-53(59)65(13,14)15)48-34-44(71-24)38-54(60(48)77-79)66(16,17)18/h25-38H,1-24H3. The molecule has 12 heteroatoms. The van der Waals surface area contributed by atoms with Crippen LogP contribution in [0.3, 0.4) is 0 Å². The number of hydrogen-bond acceptors (Lipinski definition) is 10. The monoisotopic (exact) mass is 1110 g/mol. The lowest BCUT2D eigenvalue weighted by atomic mass is 9.73. The topological polar surface area (TPSA) is 108 Å². The zero-order valence-corrected chi connectivity index (χ0v) is 53.3. The highest BCUT2D eigenvalue weighted by Crippen LogP contribution is 2.51. The van der Waals surface area contributed by atoms with Crippen molar-refractivity contribution in [2.45, 2.75) is 176 Å². The molecule has 424 valence electrons. The molecule has 0 radical (unpaired) electrons. The van der Waals surface area contributed by atoms with Crippen LogP contribution in [0.25, 0.3) is 43.9 Å². The molecule has 0 atom stereocenters. The number of hydrogen-bond donors (Lipinski definition) is 0. The van der Waals surface area contributed by atoms with Crippen LogP contribution in [0.15, 0.2) is 102 Å². The molecule has 2 heterocycles. The molecular formula is C67H86O10P2. The van der Waals surface area contributed by atoms with E-state index in [0.717, 1.165) is 89.1 Å². The van der Waals surface area contributed by atoms with E-state index in [1.165, 1.54) is 0 Å². The molecular weight excluding hydrogens is 1030 g/mol. The van der Waals surface area contributed by atoms with E-state index < -0.39 is 21.9 Å². The van der Waals surface area contributed by atoms with Crippen molar-refractivity contribution in [3.63, 3.8) is 0 Å². The summed E-state index contributed by atoms with van der Waals surface area (Å²) in [4.78, 5) is 0. The maximum atomic E-state index is 7.11. The minimum absolute atomic E-state index is 0.316. The van der Waals surface area contributed by atoms with E-state index in [2.05, 4.69) is 199 Å². The van der Waals surface area contributed by atoms with E-state index in [0.29, 0.717) is 33.8 Å². The number of ether oxygens (including phenoxy) is 4. The van der Waals surface area contributed by atoms with E-state index >= 15 is 0 Å². The zero-order chi connectivity index (χ0) is 58.3. The maximum absolute atomic E-state index is 7.11. The van der Waals surface area contributed by atoms with Crippen LogP contribution >= 0.6 is 16.5 Å². The van der Waals surface area contributed by atoms with Crippen molar-refractivity contribution < 1.29 is 44.8 Å². The molecule has 0 unspecified atom stereocenters. The molecule has 0 saturated carbocycles. The molecule has 0 fully saturated rings. The van der Waals surface area contributed by atoms with Gasteiger partial charge in [-0.1, -0.05) is 163 Å². The first kappa shape index (κ1) is 59.1. The Kier molecular flexibility index (Phi) is 15.5. The van der Waals surface area contributed by atoms with Crippen molar-refractivity contribution in [1.82, 2.24) is 0 Å². The predicted molar refractivity (Wildman–Crippen MR) is 328 cm³/mol. The van der Waals surface area contributed by atoms with Gasteiger partial charge < -0.3 is 44.8 Å². The van der Waals surface area contributed by atoms with Gasteiger partial charge in [0, 0.05) is 60.3 Å². The van der Waals surface area contributed by atoms with Crippen LogP contribution in [0.5, 0.6) is 34.5 Å². The molecule has 0 amide bonds. The third-order valence-corrected chi connectivity index (χ3v) is 17.1. The lowest BCUT2D eigenvalue weighted by molar-refractivity contribution is 0.413. The maximum Gasteiger partial charge on any atom is 0.453 e. The lowest BCUT2D eigenvalue weighted by Gasteiger charge is -2.31. The van der Waals surface area contributed by atoms with E-state index in [9.17, 15) is 0 Å². The number of benzene rings is 6. The summed E-state index contributed by atoms with van der Waals surface area (Å²) in [6.07, 6.45) is 0. The van der Waals surface area contributed by atoms with Crippen LogP contribution < -0.4 is 28.0 Å². The Morgan fingerprint density at radius 2 is 0.519 bits per heavy atom. The fourth-order valence-electron chi connectivity index (χ4n) is 10.2. The second-order valence-electron chi connectivity index (χ2n) is 27.7. The van der Waals surface area contributed by atoms with Gasteiger partial charge in [0.25, 0.3) is 0 Å². The Bertz CT molecular complexity index is 3290. The largest absolute Gasteiger partial charge is 0.497 e. The summed E-state index contributed by atoms with van der Waals surface area (Å²) < 4.78 is 66.2. The van der Waals surface area contributed by atoms with Crippen LogP contribution in [-0.4, -0.2) is 28.4 Å². The van der Waals surface area contributed by atoms with Gasteiger partial charge in [-0.2, -0.15) is 0 Å². The number of rotatable bonds is 10. The SMILES string of the molecule is COc1cc(C(C)(C)C)c2op(Oc3ccc(C(C)(C)c4ccc(Op5oc6c(C(C)(C)C)cc(OC)cc6c6cc(OC)cc(C(C)(C)C)c6o5)c(C(C)(C)C)c4)cc3C(C)(C)C)oc3c(C(C)(C)C)cc(OC)cc3c2c1. The van der Waals surface area contributed by atoms with Crippen LogP contribution in [0, 0.1) is 0 Å². The van der Waals surface area contributed by atoms with Gasteiger partial charge in [-0.25, -0.2) is 0 Å². The first-order chi connectivity index (χ1) is 36.5. The smallest absolute Gasteiger partial charge is 0.453 e. The molecule has 10 nitrogen and oxygen atoms in total. The minimum Gasteiger partial charge on any atom is -0.497 e. The van der Waals surface area contributed by atoms with Gasteiger partial charge in [0.05, 0.1) is 28.4 Å². The summed E-state index contributed by atoms with van der Waals surface area (Å²) in [5.41, 5.74) is 8.57. The van der Waals surface area contributed by atoms with Crippen molar-refractivity contribution in [3.05, 3.63) is 129 Å². The molecule has 8 aromatic rings. The van der Waals surface area contributed by atoms with E-state index in [1.807, 2.05) is 24.3 Å². The van der Waals surface area contributed by atoms with E-state index in [4.69, 9.17) is 44.8 Å². The Morgan fingerprint density at radius 1 is 0.291 bits per heavy atom. The highest BCUT2D eigenvalue weighted by Gasteiger charge is 2.33. The molecule has 0 bridgehead atoms. The molecule has 0 aliphatic heterocycles. The summed E-state index contributed by atoms with van der Waals surface area (Å²) in [6.45, 7) is 44.0. The van der Waals surface area contributed by atoms with Gasteiger partial charge in [0.1, 0.15) is 56.8 Å². The molecule has 2 aromatic heterocycles. The quantitative estimate of drug-likeness (QED) is 0.131. The van der Waals surface area contributed by atoms with E-state index in [-0.39, 0.29) is 32.5 Å². The van der Waals surface area contributed by atoms with Crippen molar-refractivity contribution in [3.8, 4) is 34.5 Å². The first-order valence-electron chi connectivity index (χ1n) is 27.4. The minimum atomic E-state index is -2.05. The summed E-state index contributed by atoms with van der Waals surface area (Å²) in [7, 11) is 2.68. The summed E-state index contributed by atoms with van der Waals surface area (Å²) >= 11 is 0. The van der Waals surface area contributed by atoms with E-state index in [1.54, 1.807) is 28.4 Å². The molecule has 8 rings (SSSR count). The van der Waals surface area contributed by atoms with Gasteiger partial charge >= 0.3 is 16.5 Å². The van der Waals surface area contributed by atoms with Crippen molar-refractivity contribution in [2.75, 3.05) is 28.4 Å². The van der Waals surface area contributed by atoms with Crippen LogP contribution in [-0.2, 0) is 37.9 Å². The highest BCUT2D eigenvalue weighted by molar-refractivity contribution is 7.32. The normalized spacial score (nSPS) is 13.1. The molecule has 79 heavy (non-hydrogen) atoms. The Labute approximate surface area is 471 Å². The summed E-state index contributed by atoms with van der Waals surface area (Å²) in [5, 5.41) is 3.42. The van der Waals surface area contributed by atoms with Crippen LogP contribution in [0.1, 0.15) is 183 Å². The van der Waals surface area contributed by atoms with Gasteiger partial charge in [-0.15, -0.1) is 0 Å². The van der Waals surface area contributed by atoms with Crippen molar-refractivity contribution in [2.24, 2.45) is 0 Å². The third kappa shape index (κ3) is 11.9. The Balaban J connectivity index is 1.29. The summed E-state index contributed by atoms with van der Waals surface area (Å²) in [6, 6.07) is 29.4. The molecule has 0 saturated heterocycles. The van der Waals surface area contributed by atoms with Crippen LogP contribution in [0.2, 0.25) is 0 Å². The fraction of sp³-hybridized carbons (Fsp3) is 0.463. The van der Waals surface area contributed by atoms with Gasteiger partial charge in [0.2, 0.25) is 0 Å². The molecule has 0 spiro atoms. The molecule has 0 N–H and O–H groups in total. The second kappa shape index (κ2) is 20.8. The zero-order valence-electron chi connectivity index (χ0n) is 51.6. The van der Waals surface area contributed by atoms with Crippen molar-refractivity contribution >= 4 is 60.4 Å². The number of methoxy groups -OCH3 is 4. The number of fused-ring (bicyclic) bond motifs is 6. The van der Waals surface area contributed by atoms with Gasteiger partial charge in [-0.05, 0) is 104 Å². The second-order valence-corrected chi connectivity index (χ2v) is 29.7. The van der Waals surface area contributed by atoms with Crippen LogP contribution in [0.4, 0.5) is 0 Å². The summed E-state index contributed by atoms with van der Waals surface area (Å²) in [5.74, 6) is 4.28. The lowest BCUT2D eigenvalue weighted by Crippen LogP contribution is -2.22. The fourth-order valence-corrected chi connectivity index (χ4v) is 12.5. The van der Waals surface area contributed by atoms with Crippen molar-refractivity contribution in [1.29, 1.82) is 0 Å². The molecule has 6 aromatic carbocycles. The van der Waals surface area contributed by atoms with Gasteiger partial charge in [-0.3, -0.25) is 0 Å². The molecule has 0 aliphatic rings. The third-order valence-electron chi connectivity index (χ3n) is 15.0. The Morgan fingerprint density at radius 3 is 0.722 bits per heavy atom. The average molecular weight is 1110 g/mol. The highest BCUT2D eigenvalue weighted by atomic mass is 31.1. The first-order valence-corrected chi connectivity index (χ1v) is 29.6. The molecule has 0 aliphatic carbocycles. The van der Waals surface area contributed by atoms with Gasteiger partial charge in [0.15, 0.2) is 0 Å². The Hall–Kier alpha value is -6.08.